The SMILES string of the molecule is CCCCCCCCCCCCCCCC(=O)O[C@H](COC(=O)CCCCCCCCC(C)C)COP(=O)(O)OC[C@H](O)COP(=O)(O)OC[C@@H](COC(=O)CCCCCCCCCCCCCCCC(C)C)OC(=O)CCCCCCCCCCCCCCCC(C)C. The predicted octanol–water partition coefficient (Wildman–Crippen LogP) is 21.8. The standard InChI is InChI=1S/C75H146O17P2/c1-8-9-10-11-12-13-14-17-25-30-35-44-51-58-75(80)92-71(63-86-73(78)57-50-43-38-37-41-48-55-68(6)7)65-90-94(83,84)88-61-69(76)60-87-93(81,82)89-64-70(91-74(79)59-52-45-36-31-26-21-16-19-23-28-33-40-47-54-67(4)5)62-85-72(77)56-49-42-34-29-24-20-15-18-22-27-32-39-46-53-66(2)3/h66-71,76H,8-65H2,1-7H3,(H,81,82)(H,83,84)/t69-,70-,71-/m1/s1. The van der Waals surface area contributed by atoms with Crippen LogP contribution in [0.3, 0.4) is 0 Å². The molecule has 0 aliphatic heterocycles. The molecular formula is C75H146O17P2. The van der Waals surface area contributed by atoms with Gasteiger partial charge in [-0.15, -0.1) is 0 Å². The summed E-state index contributed by atoms with van der Waals surface area (Å²) in [6, 6.07) is 0. The molecule has 558 valence electrons. The Balaban J connectivity index is 5.24. The number of rotatable bonds is 73. The molecule has 0 rings (SSSR count). The quantitative estimate of drug-likeness (QED) is 0.0222. The van der Waals surface area contributed by atoms with Crippen molar-refractivity contribution in [1.29, 1.82) is 0 Å². The third-order valence-corrected chi connectivity index (χ3v) is 19.3. The fraction of sp³-hybridized carbons (Fsp3) is 0.947. The van der Waals surface area contributed by atoms with Crippen molar-refractivity contribution in [3.8, 4) is 0 Å². The van der Waals surface area contributed by atoms with Gasteiger partial charge in [0.1, 0.15) is 19.3 Å². The van der Waals surface area contributed by atoms with Crippen molar-refractivity contribution in [3.05, 3.63) is 0 Å². The lowest BCUT2D eigenvalue weighted by Gasteiger charge is -2.21. The maximum Gasteiger partial charge on any atom is 0.472 e. The zero-order valence-electron chi connectivity index (χ0n) is 61.4. The van der Waals surface area contributed by atoms with E-state index < -0.39 is 97.5 Å². The number of carbonyl (C=O) groups excluding carboxylic acids is 4. The molecule has 3 N–H and O–H groups in total. The van der Waals surface area contributed by atoms with E-state index in [-0.39, 0.29) is 25.7 Å². The minimum atomic E-state index is -4.96. The minimum absolute atomic E-state index is 0.106. The average Bonchev–Trinajstić information content (AvgIpc) is 3.37. The van der Waals surface area contributed by atoms with E-state index >= 15 is 0 Å². The summed E-state index contributed by atoms with van der Waals surface area (Å²) in [4.78, 5) is 72.7. The van der Waals surface area contributed by atoms with Gasteiger partial charge in [0.25, 0.3) is 0 Å². The molecule has 94 heavy (non-hydrogen) atoms. The Kier molecular flexibility index (Phi) is 64.3. The van der Waals surface area contributed by atoms with Crippen LogP contribution in [0.25, 0.3) is 0 Å². The molecule has 0 saturated heterocycles. The van der Waals surface area contributed by atoms with E-state index in [1.165, 1.54) is 186 Å². The fourth-order valence-electron chi connectivity index (χ4n) is 11.4. The van der Waals surface area contributed by atoms with E-state index in [1.807, 2.05) is 0 Å². The van der Waals surface area contributed by atoms with E-state index in [1.54, 1.807) is 0 Å². The highest BCUT2D eigenvalue weighted by Gasteiger charge is 2.30. The monoisotopic (exact) mass is 1380 g/mol. The molecule has 0 radical (unpaired) electrons. The zero-order valence-corrected chi connectivity index (χ0v) is 63.2. The topological polar surface area (TPSA) is 237 Å². The molecule has 0 saturated carbocycles. The predicted molar refractivity (Wildman–Crippen MR) is 381 cm³/mol. The van der Waals surface area contributed by atoms with Gasteiger partial charge in [0.05, 0.1) is 26.4 Å². The minimum Gasteiger partial charge on any atom is -0.462 e. The van der Waals surface area contributed by atoms with Crippen LogP contribution in [-0.2, 0) is 65.4 Å². The van der Waals surface area contributed by atoms with Gasteiger partial charge in [-0.1, -0.05) is 331 Å². The van der Waals surface area contributed by atoms with Crippen molar-refractivity contribution in [1.82, 2.24) is 0 Å². The van der Waals surface area contributed by atoms with Crippen LogP contribution >= 0.6 is 15.6 Å². The van der Waals surface area contributed by atoms with Gasteiger partial charge in [-0.05, 0) is 43.4 Å². The Bertz CT molecular complexity index is 1840. The summed E-state index contributed by atoms with van der Waals surface area (Å²) in [6.07, 6.45) is 51.4. The molecule has 0 aliphatic rings. The number of hydrogen-bond acceptors (Lipinski definition) is 15. The number of aliphatic hydroxyl groups excluding tert-OH is 1. The van der Waals surface area contributed by atoms with Crippen molar-refractivity contribution in [2.75, 3.05) is 39.6 Å². The Morgan fingerprint density at radius 2 is 0.489 bits per heavy atom. The number of hydrogen-bond donors (Lipinski definition) is 3. The summed E-state index contributed by atoms with van der Waals surface area (Å²) in [6.45, 7) is 11.8. The highest BCUT2D eigenvalue weighted by molar-refractivity contribution is 7.47. The summed E-state index contributed by atoms with van der Waals surface area (Å²) in [5.41, 5.74) is 0. The lowest BCUT2D eigenvalue weighted by atomic mass is 10.0. The molecule has 17 nitrogen and oxygen atoms in total. The van der Waals surface area contributed by atoms with Crippen LogP contribution in [0.1, 0.15) is 382 Å². The van der Waals surface area contributed by atoms with Gasteiger partial charge in [-0.25, -0.2) is 9.13 Å². The maximum absolute atomic E-state index is 13.1. The first kappa shape index (κ1) is 92.1. The van der Waals surface area contributed by atoms with Crippen LogP contribution in [0.2, 0.25) is 0 Å². The second-order valence-electron chi connectivity index (χ2n) is 28.5. The summed E-state index contributed by atoms with van der Waals surface area (Å²) >= 11 is 0. The molecule has 0 aromatic rings. The number of phosphoric ester groups is 2. The Hall–Kier alpha value is -1.94. The third-order valence-electron chi connectivity index (χ3n) is 17.4. The fourth-order valence-corrected chi connectivity index (χ4v) is 13.0. The number of esters is 4. The van der Waals surface area contributed by atoms with Gasteiger partial charge in [0.15, 0.2) is 12.2 Å². The molecule has 0 heterocycles. The van der Waals surface area contributed by atoms with Gasteiger partial charge in [-0.3, -0.25) is 37.3 Å². The van der Waals surface area contributed by atoms with Gasteiger partial charge in [0, 0.05) is 25.7 Å². The Morgan fingerprint density at radius 1 is 0.287 bits per heavy atom. The highest BCUT2D eigenvalue weighted by atomic mass is 31.2. The third kappa shape index (κ3) is 68.6. The largest absolute Gasteiger partial charge is 0.472 e. The molecule has 19 heteroatoms. The van der Waals surface area contributed by atoms with Crippen LogP contribution in [0.5, 0.6) is 0 Å². The van der Waals surface area contributed by atoms with E-state index in [0.29, 0.717) is 31.6 Å². The zero-order chi connectivity index (χ0) is 69.4. The molecule has 2 unspecified atom stereocenters. The Labute approximate surface area is 575 Å². The molecule has 0 aromatic carbocycles. The molecule has 0 aromatic heterocycles. The highest BCUT2D eigenvalue weighted by Crippen LogP contribution is 2.45. The molecule has 0 spiro atoms. The summed E-state index contributed by atoms with van der Waals surface area (Å²) in [7, 11) is -9.91. The first-order valence-electron chi connectivity index (χ1n) is 38.8. The van der Waals surface area contributed by atoms with E-state index in [2.05, 4.69) is 48.5 Å². The smallest absolute Gasteiger partial charge is 0.462 e. The van der Waals surface area contributed by atoms with Crippen LogP contribution in [0.15, 0.2) is 0 Å². The number of carbonyl (C=O) groups is 4. The maximum atomic E-state index is 13.1. The normalized spacial score (nSPS) is 14.1. The van der Waals surface area contributed by atoms with Crippen molar-refractivity contribution < 1.29 is 80.2 Å². The summed E-state index contributed by atoms with van der Waals surface area (Å²) in [5, 5.41) is 10.6. The lowest BCUT2D eigenvalue weighted by molar-refractivity contribution is -0.161. The van der Waals surface area contributed by atoms with E-state index in [4.69, 9.17) is 37.0 Å². The lowest BCUT2D eigenvalue weighted by Crippen LogP contribution is -2.30. The first-order valence-corrected chi connectivity index (χ1v) is 41.8. The van der Waals surface area contributed by atoms with Gasteiger partial charge in [-0.2, -0.15) is 0 Å². The first-order chi connectivity index (χ1) is 45.2. The number of ether oxygens (including phenoxy) is 4. The number of aliphatic hydroxyl groups is 1. The molecule has 0 fully saturated rings. The van der Waals surface area contributed by atoms with Crippen molar-refractivity contribution >= 4 is 39.5 Å². The molecular weight excluding hydrogens is 1230 g/mol. The van der Waals surface area contributed by atoms with Crippen molar-refractivity contribution in [2.45, 2.75) is 401 Å². The molecule has 0 aliphatic carbocycles. The molecule has 0 amide bonds. The average molecular weight is 1380 g/mol. The van der Waals surface area contributed by atoms with Crippen LogP contribution in [0, 0.1) is 17.8 Å². The molecule has 0 bridgehead atoms. The van der Waals surface area contributed by atoms with Crippen LogP contribution in [-0.4, -0.2) is 96.7 Å². The van der Waals surface area contributed by atoms with E-state index in [9.17, 15) is 43.2 Å². The summed E-state index contributed by atoms with van der Waals surface area (Å²) in [5.74, 6) is 0.138. The molecule has 5 atom stereocenters. The van der Waals surface area contributed by atoms with Gasteiger partial charge in [0.2, 0.25) is 0 Å². The second kappa shape index (κ2) is 65.7. The van der Waals surface area contributed by atoms with Crippen LogP contribution < -0.4 is 0 Å². The van der Waals surface area contributed by atoms with Crippen LogP contribution in [0.4, 0.5) is 0 Å². The summed E-state index contributed by atoms with van der Waals surface area (Å²) < 4.78 is 68.5. The van der Waals surface area contributed by atoms with Gasteiger partial charge >= 0.3 is 39.5 Å². The second-order valence-corrected chi connectivity index (χ2v) is 31.4. The van der Waals surface area contributed by atoms with E-state index in [0.717, 1.165) is 108 Å². The van der Waals surface area contributed by atoms with Crippen molar-refractivity contribution in [3.63, 3.8) is 0 Å². The Morgan fingerprint density at radius 3 is 0.723 bits per heavy atom. The van der Waals surface area contributed by atoms with Gasteiger partial charge < -0.3 is 33.8 Å². The number of phosphoric acid groups is 2. The van der Waals surface area contributed by atoms with Crippen molar-refractivity contribution in [2.24, 2.45) is 17.8 Å². The number of unbranched alkanes of at least 4 members (excludes halogenated alkanes) is 41.